The summed E-state index contributed by atoms with van der Waals surface area (Å²) in [6, 6.07) is 3.86. The molecule has 5 nitrogen and oxygen atoms in total. The first kappa shape index (κ1) is 14.6. The molecule has 10 heteroatoms. The lowest BCUT2D eigenvalue weighted by molar-refractivity contribution is -0.274. The molecule has 0 bridgehead atoms. The van der Waals surface area contributed by atoms with E-state index in [9.17, 15) is 21.6 Å². The molecule has 0 fully saturated rings. The van der Waals surface area contributed by atoms with Crippen molar-refractivity contribution in [3.8, 4) is 5.75 Å². The maximum atomic E-state index is 12.0. The van der Waals surface area contributed by atoms with Crippen molar-refractivity contribution >= 4 is 26.5 Å². The lowest BCUT2D eigenvalue weighted by Crippen LogP contribution is -2.17. The fourth-order valence-electron chi connectivity index (χ4n) is 1.27. The van der Waals surface area contributed by atoms with Gasteiger partial charge in [0, 0.05) is 11.6 Å². The quantitative estimate of drug-likeness (QED) is 0.939. The Labute approximate surface area is 116 Å². The van der Waals surface area contributed by atoms with Gasteiger partial charge in [-0.3, -0.25) is 4.72 Å². The highest BCUT2D eigenvalue weighted by molar-refractivity contribution is 7.93. The number of nitrogens with zero attached hydrogens (tertiary/aromatic N) is 1. The summed E-state index contributed by atoms with van der Waals surface area (Å²) in [6.45, 7) is 0. The SMILES string of the molecule is O=S(=O)(Nc1nccs1)c1ccc(OC(F)(F)F)cc1. The maximum Gasteiger partial charge on any atom is 0.573 e. The van der Waals surface area contributed by atoms with Crippen LogP contribution in [0.2, 0.25) is 0 Å². The number of halogens is 3. The van der Waals surface area contributed by atoms with Gasteiger partial charge in [-0.2, -0.15) is 0 Å². The lowest BCUT2D eigenvalue weighted by Gasteiger charge is -2.09. The molecule has 0 saturated heterocycles. The molecule has 20 heavy (non-hydrogen) atoms. The number of thiazole rings is 1. The third-order valence-electron chi connectivity index (χ3n) is 2.02. The number of sulfonamides is 1. The number of hydrogen-bond donors (Lipinski definition) is 1. The summed E-state index contributed by atoms with van der Waals surface area (Å²) in [5.74, 6) is -0.495. The highest BCUT2D eigenvalue weighted by Crippen LogP contribution is 2.24. The van der Waals surface area contributed by atoms with Gasteiger partial charge in [0.2, 0.25) is 0 Å². The first-order valence-corrected chi connectivity index (χ1v) is 7.41. The Bertz CT molecular complexity index is 667. The van der Waals surface area contributed by atoms with Crippen LogP contribution < -0.4 is 9.46 Å². The van der Waals surface area contributed by atoms with Crippen LogP contribution in [0.1, 0.15) is 0 Å². The monoisotopic (exact) mass is 324 g/mol. The summed E-state index contributed by atoms with van der Waals surface area (Å²) in [6.07, 6.45) is -3.40. The van der Waals surface area contributed by atoms with Gasteiger partial charge < -0.3 is 4.74 Å². The molecule has 1 aromatic carbocycles. The second kappa shape index (κ2) is 5.29. The molecule has 0 aliphatic rings. The number of hydrogen-bond acceptors (Lipinski definition) is 5. The summed E-state index contributed by atoms with van der Waals surface area (Å²) in [4.78, 5) is 3.56. The zero-order valence-electron chi connectivity index (χ0n) is 9.59. The molecule has 0 saturated carbocycles. The van der Waals surface area contributed by atoms with Crippen molar-refractivity contribution in [3.05, 3.63) is 35.8 Å². The summed E-state index contributed by atoms with van der Waals surface area (Å²) in [5.41, 5.74) is 0. The van der Waals surface area contributed by atoms with Crippen LogP contribution in [0.3, 0.4) is 0 Å². The molecule has 0 atom stereocenters. The average Bonchev–Trinajstić information content (AvgIpc) is 2.79. The van der Waals surface area contributed by atoms with Crippen LogP contribution in [0.4, 0.5) is 18.3 Å². The van der Waals surface area contributed by atoms with Gasteiger partial charge in [0.1, 0.15) is 5.75 Å². The molecule has 1 aromatic heterocycles. The first-order valence-electron chi connectivity index (χ1n) is 5.04. The highest BCUT2D eigenvalue weighted by Gasteiger charge is 2.31. The van der Waals surface area contributed by atoms with Gasteiger partial charge in [-0.05, 0) is 24.3 Å². The Morgan fingerprint density at radius 3 is 2.35 bits per heavy atom. The van der Waals surface area contributed by atoms with E-state index in [1.54, 1.807) is 5.38 Å². The first-order chi connectivity index (χ1) is 9.26. The molecule has 1 heterocycles. The number of rotatable bonds is 4. The second-order valence-electron chi connectivity index (χ2n) is 3.46. The van der Waals surface area contributed by atoms with Crippen molar-refractivity contribution < 1.29 is 26.3 Å². The third kappa shape index (κ3) is 3.84. The van der Waals surface area contributed by atoms with E-state index in [1.807, 2.05) is 0 Å². The summed E-state index contributed by atoms with van der Waals surface area (Å²) >= 11 is 1.08. The minimum atomic E-state index is -4.82. The Morgan fingerprint density at radius 1 is 1.20 bits per heavy atom. The minimum Gasteiger partial charge on any atom is -0.406 e. The van der Waals surface area contributed by atoms with Crippen LogP contribution >= 0.6 is 11.3 Å². The van der Waals surface area contributed by atoms with Gasteiger partial charge in [0.05, 0.1) is 4.90 Å². The van der Waals surface area contributed by atoms with Gasteiger partial charge >= 0.3 is 6.36 Å². The normalized spacial score (nSPS) is 12.2. The van der Waals surface area contributed by atoms with Crippen molar-refractivity contribution in [1.29, 1.82) is 0 Å². The molecule has 0 aliphatic carbocycles. The predicted octanol–water partition coefficient (Wildman–Crippen LogP) is 2.84. The average molecular weight is 324 g/mol. The number of benzene rings is 1. The number of anilines is 1. The molecule has 0 spiro atoms. The fourth-order valence-corrected chi connectivity index (χ4v) is 3.06. The van der Waals surface area contributed by atoms with Crippen molar-refractivity contribution in [2.75, 3.05) is 4.72 Å². The number of aromatic nitrogens is 1. The van der Waals surface area contributed by atoms with Crippen LogP contribution in [-0.2, 0) is 10.0 Å². The molecule has 108 valence electrons. The van der Waals surface area contributed by atoms with E-state index in [-0.39, 0.29) is 10.0 Å². The standard InChI is InChI=1S/C10H7F3N2O3S2/c11-10(12,13)18-7-1-3-8(4-2-7)20(16,17)15-9-14-5-6-19-9/h1-6H,(H,14,15). The van der Waals surface area contributed by atoms with Crippen molar-refractivity contribution in [2.45, 2.75) is 11.3 Å². The summed E-state index contributed by atoms with van der Waals surface area (Å²) < 4.78 is 65.5. The van der Waals surface area contributed by atoms with Gasteiger partial charge in [0.15, 0.2) is 5.13 Å². The zero-order chi connectivity index (χ0) is 14.8. The summed E-state index contributed by atoms with van der Waals surface area (Å²) in [7, 11) is -3.88. The Kier molecular flexibility index (Phi) is 3.86. The number of alkyl halides is 3. The Hall–Kier alpha value is -1.81. The van der Waals surface area contributed by atoms with Crippen LogP contribution in [0.25, 0.3) is 0 Å². The molecule has 0 amide bonds. The van der Waals surface area contributed by atoms with Gasteiger partial charge in [-0.1, -0.05) is 0 Å². The van der Waals surface area contributed by atoms with Gasteiger partial charge in [-0.25, -0.2) is 13.4 Å². The molecule has 0 radical (unpaired) electrons. The van der Waals surface area contributed by atoms with Crippen molar-refractivity contribution in [3.63, 3.8) is 0 Å². The Balaban J connectivity index is 2.17. The third-order valence-corrected chi connectivity index (χ3v) is 4.19. The minimum absolute atomic E-state index is 0.167. The van der Waals surface area contributed by atoms with Crippen molar-refractivity contribution in [1.82, 2.24) is 4.98 Å². The van der Waals surface area contributed by atoms with Gasteiger partial charge in [-0.15, -0.1) is 24.5 Å². The van der Waals surface area contributed by atoms with E-state index in [4.69, 9.17) is 0 Å². The second-order valence-corrected chi connectivity index (χ2v) is 6.04. The van der Waals surface area contributed by atoms with Crippen LogP contribution in [0, 0.1) is 0 Å². The molecule has 1 N–H and O–H groups in total. The number of ether oxygens (including phenoxy) is 1. The van der Waals surface area contributed by atoms with E-state index < -0.39 is 22.1 Å². The molecular weight excluding hydrogens is 317 g/mol. The number of nitrogens with one attached hydrogen (secondary N) is 1. The predicted molar refractivity (Wildman–Crippen MR) is 66.0 cm³/mol. The van der Waals surface area contributed by atoms with E-state index in [2.05, 4.69) is 14.4 Å². The van der Waals surface area contributed by atoms with E-state index in [0.29, 0.717) is 0 Å². The van der Waals surface area contributed by atoms with Gasteiger partial charge in [0.25, 0.3) is 10.0 Å². The molecule has 2 aromatic rings. The molecule has 2 rings (SSSR count). The highest BCUT2D eigenvalue weighted by atomic mass is 32.2. The van der Waals surface area contributed by atoms with E-state index in [0.717, 1.165) is 35.6 Å². The smallest absolute Gasteiger partial charge is 0.406 e. The summed E-state index contributed by atoms with van der Waals surface area (Å²) in [5, 5.41) is 1.75. The van der Waals surface area contributed by atoms with E-state index >= 15 is 0 Å². The zero-order valence-corrected chi connectivity index (χ0v) is 11.2. The molecular formula is C10H7F3N2O3S2. The maximum absolute atomic E-state index is 12.0. The lowest BCUT2D eigenvalue weighted by atomic mass is 10.3. The van der Waals surface area contributed by atoms with Crippen LogP contribution in [0.5, 0.6) is 5.75 Å². The van der Waals surface area contributed by atoms with Crippen LogP contribution in [0.15, 0.2) is 40.7 Å². The fraction of sp³-hybridized carbons (Fsp3) is 0.100. The largest absolute Gasteiger partial charge is 0.573 e. The van der Waals surface area contributed by atoms with Crippen LogP contribution in [-0.4, -0.2) is 19.8 Å². The molecule has 0 aliphatic heterocycles. The van der Waals surface area contributed by atoms with Crippen molar-refractivity contribution in [2.24, 2.45) is 0 Å². The Morgan fingerprint density at radius 2 is 1.85 bits per heavy atom. The molecule has 0 unspecified atom stereocenters. The van der Waals surface area contributed by atoms with E-state index in [1.165, 1.54) is 6.20 Å². The topological polar surface area (TPSA) is 68.3 Å².